The zero-order chi connectivity index (χ0) is 14.0. The van der Waals surface area contributed by atoms with Gasteiger partial charge in [0.2, 0.25) is 0 Å². The molecule has 2 amide bonds. The lowest BCUT2D eigenvalue weighted by Crippen LogP contribution is -2.39. The Kier molecular flexibility index (Phi) is 8.28. The molecular formula is C12H22N2O3S. The van der Waals surface area contributed by atoms with Crippen molar-refractivity contribution in [3.63, 3.8) is 0 Å². The van der Waals surface area contributed by atoms with E-state index in [2.05, 4.69) is 17.2 Å². The van der Waals surface area contributed by atoms with Crippen LogP contribution in [0, 0.1) is 5.41 Å². The Morgan fingerprint density at radius 2 is 1.94 bits per heavy atom. The fourth-order valence-electron chi connectivity index (χ4n) is 1.06. The van der Waals surface area contributed by atoms with Crippen LogP contribution in [-0.2, 0) is 4.79 Å². The van der Waals surface area contributed by atoms with Gasteiger partial charge in [0, 0.05) is 24.6 Å². The largest absolute Gasteiger partial charge is 0.481 e. The lowest BCUT2D eigenvalue weighted by atomic mass is 9.90. The van der Waals surface area contributed by atoms with Gasteiger partial charge in [-0.25, -0.2) is 4.79 Å². The third kappa shape index (κ3) is 8.00. The van der Waals surface area contributed by atoms with Gasteiger partial charge in [-0.15, -0.1) is 6.58 Å². The van der Waals surface area contributed by atoms with Crippen LogP contribution in [0.25, 0.3) is 0 Å². The maximum absolute atomic E-state index is 11.3. The molecule has 6 heteroatoms. The first kappa shape index (κ1) is 16.8. The molecule has 0 aromatic carbocycles. The highest BCUT2D eigenvalue weighted by Gasteiger charge is 2.26. The van der Waals surface area contributed by atoms with E-state index in [9.17, 15) is 9.59 Å². The average molecular weight is 274 g/mol. The van der Waals surface area contributed by atoms with E-state index in [1.54, 1.807) is 25.6 Å². The molecule has 0 heterocycles. The Bertz CT molecular complexity index is 293. The number of carbonyl (C=O) groups is 2. The summed E-state index contributed by atoms with van der Waals surface area (Å²) in [6.07, 6.45) is 2.22. The molecule has 0 fully saturated rings. The highest BCUT2D eigenvalue weighted by molar-refractivity contribution is 7.99. The van der Waals surface area contributed by atoms with Gasteiger partial charge in [0.15, 0.2) is 0 Å². The van der Waals surface area contributed by atoms with E-state index < -0.39 is 11.4 Å². The molecule has 5 nitrogen and oxygen atoms in total. The molecule has 0 atom stereocenters. The molecule has 0 unspecified atom stereocenters. The zero-order valence-corrected chi connectivity index (χ0v) is 11.8. The summed E-state index contributed by atoms with van der Waals surface area (Å²) in [4.78, 5) is 22.2. The smallest absolute Gasteiger partial charge is 0.314 e. The topological polar surface area (TPSA) is 78.4 Å². The number of nitrogens with one attached hydrogen (secondary N) is 2. The number of urea groups is 1. The van der Waals surface area contributed by atoms with E-state index in [-0.39, 0.29) is 6.03 Å². The average Bonchev–Trinajstić information content (AvgIpc) is 2.28. The number of amides is 2. The lowest BCUT2D eigenvalue weighted by molar-refractivity contribution is -0.147. The Balaban J connectivity index is 3.59. The minimum absolute atomic E-state index is 0.254. The Morgan fingerprint density at radius 3 is 2.50 bits per heavy atom. The van der Waals surface area contributed by atoms with Gasteiger partial charge >= 0.3 is 12.0 Å². The van der Waals surface area contributed by atoms with Gasteiger partial charge in [0.1, 0.15) is 0 Å². The van der Waals surface area contributed by atoms with Gasteiger partial charge in [-0.05, 0) is 20.3 Å². The van der Waals surface area contributed by atoms with Crippen molar-refractivity contribution in [2.24, 2.45) is 5.41 Å². The highest BCUT2D eigenvalue weighted by atomic mass is 32.2. The van der Waals surface area contributed by atoms with Gasteiger partial charge in [0.25, 0.3) is 0 Å². The van der Waals surface area contributed by atoms with Crippen molar-refractivity contribution in [3.05, 3.63) is 12.7 Å². The fraction of sp³-hybridized carbons (Fsp3) is 0.667. The molecule has 0 aliphatic heterocycles. The van der Waals surface area contributed by atoms with Crippen molar-refractivity contribution >= 4 is 23.8 Å². The monoisotopic (exact) mass is 274 g/mol. The number of aliphatic carboxylic acids is 1. The zero-order valence-electron chi connectivity index (χ0n) is 11.0. The second kappa shape index (κ2) is 8.85. The lowest BCUT2D eigenvalue weighted by Gasteiger charge is -2.18. The summed E-state index contributed by atoms with van der Waals surface area (Å²) in [5.74, 6) is 0.849. The summed E-state index contributed by atoms with van der Waals surface area (Å²) in [6, 6.07) is -0.254. The third-order valence-corrected chi connectivity index (χ3v) is 3.35. The van der Waals surface area contributed by atoms with Crippen LogP contribution in [0.2, 0.25) is 0 Å². The van der Waals surface area contributed by atoms with E-state index in [0.29, 0.717) is 19.5 Å². The Hall–Kier alpha value is -1.17. The molecule has 3 N–H and O–H groups in total. The van der Waals surface area contributed by atoms with Crippen molar-refractivity contribution in [3.8, 4) is 0 Å². The summed E-state index contributed by atoms with van der Waals surface area (Å²) < 4.78 is 0. The molecule has 104 valence electrons. The fourth-order valence-corrected chi connectivity index (χ4v) is 1.64. The molecule has 0 saturated heterocycles. The molecule has 0 rings (SSSR count). The maximum atomic E-state index is 11.3. The van der Waals surface area contributed by atoms with E-state index in [4.69, 9.17) is 5.11 Å². The van der Waals surface area contributed by atoms with E-state index in [1.165, 1.54) is 0 Å². The van der Waals surface area contributed by atoms with Crippen LogP contribution in [-0.4, -0.2) is 41.7 Å². The Labute approximate surface area is 112 Å². The molecule has 0 spiro atoms. The number of hydrogen-bond acceptors (Lipinski definition) is 3. The van der Waals surface area contributed by atoms with Gasteiger partial charge < -0.3 is 15.7 Å². The van der Waals surface area contributed by atoms with Gasteiger partial charge in [0.05, 0.1) is 5.41 Å². The third-order valence-electron chi connectivity index (χ3n) is 2.38. The molecule has 0 saturated carbocycles. The Morgan fingerprint density at radius 1 is 1.33 bits per heavy atom. The molecule has 0 aromatic rings. The van der Waals surface area contributed by atoms with Gasteiger partial charge in [-0.3, -0.25) is 4.79 Å². The quantitative estimate of drug-likeness (QED) is 0.442. The van der Waals surface area contributed by atoms with E-state index >= 15 is 0 Å². The molecule has 18 heavy (non-hydrogen) atoms. The highest BCUT2D eigenvalue weighted by Crippen LogP contribution is 2.19. The number of thioether (sulfide) groups is 1. The van der Waals surface area contributed by atoms with Crippen LogP contribution in [0.1, 0.15) is 20.3 Å². The number of carboxylic acids is 1. The SMILES string of the molecule is C=CCSCCNC(=O)NCCC(C)(C)C(=O)O. The van der Waals surface area contributed by atoms with Crippen LogP contribution < -0.4 is 10.6 Å². The standard InChI is InChI=1S/C12H22N2O3S/c1-4-8-18-9-7-14-11(17)13-6-5-12(2,3)10(15)16/h4H,1,5-9H2,2-3H3,(H,15,16)(H2,13,14,17). The number of carbonyl (C=O) groups excluding carboxylic acids is 1. The molecule has 0 aromatic heterocycles. The maximum Gasteiger partial charge on any atom is 0.314 e. The first-order chi connectivity index (χ1) is 8.40. The van der Waals surface area contributed by atoms with E-state index in [0.717, 1.165) is 11.5 Å². The summed E-state index contributed by atoms with van der Waals surface area (Å²) >= 11 is 1.69. The van der Waals surface area contributed by atoms with Gasteiger partial charge in [-0.1, -0.05) is 6.08 Å². The minimum Gasteiger partial charge on any atom is -0.481 e. The van der Waals surface area contributed by atoms with E-state index in [1.807, 2.05) is 6.08 Å². The van der Waals surface area contributed by atoms with Crippen LogP contribution in [0.3, 0.4) is 0 Å². The summed E-state index contributed by atoms with van der Waals surface area (Å²) in [5.41, 5.74) is -0.812. The second-order valence-corrected chi connectivity index (χ2v) is 5.64. The molecule has 0 radical (unpaired) electrons. The van der Waals surface area contributed by atoms with Crippen LogP contribution in [0.4, 0.5) is 4.79 Å². The first-order valence-electron chi connectivity index (χ1n) is 5.84. The van der Waals surface area contributed by atoms with Crippen LogP contribution in [0.5, 0.6) is 0 Å². The van der Waals surface area contributed by atoms with Crippen molar-refractivity contribution in [2.45, 2.75) is 20.3 Å². The van der Waals surface area contributed by atoms with Crippen molar-refractivity contribution in [2.75, 3.05) is 24.6 Å². The molecule has 0 aliphatic rings. The van der Waals surface area contributed by atoms with Gasteiger partial charge in [-0.2, -0.15) is 11.8 Å². The predicted molar refractivity (Wildman–Crippen MR) is 75.0 cm³/mol. The predicted octanol–water partition coefficient (Wildman–Crippen LogP) is 1.71. The molecule has 0 aliphatic carbocycles. The summed E-state index contributed by atoms with van der Waals surface area (Å²) in [7, 11) is 0. The number of hydrogen-bond donors (Lipinski definition) is 3. The molecular weight excluding hydrogens is 252 g/mol. The summed E-state index contributed by atoms with van der Waals surface area (Å²) in [6.45, 7) is 7.82. The number of carboxylic acid groups (broad SMARTS) is 1. The minimum atomic E-state index is -0.856. The van der Waals surface area contributed by atoms with Crippen molar-refractivity contribution < 1.29 is 14.7 Å². The van der Waals surface area contributed by atoms with Crippen LogP contribution >= 0.6 is 11.8 Å². The summed E-state index contributed by atoms with van der Waals surface area (Å²) in [5, 5.41) is 14.2. The second-order valence-electron chi connectivity index (χ2n) is 4.49. The van der Waals surface area contributed by atoms with Crippen LogP contribution in [0.15, 0.2) is 12.7 Å². The normalized spacial score (nSPS) is 10.8. The molecule has 0 bridgehead atoms. The van der Waals surface area contributed by atoms with Crippen molar-refractivity contribution in [1.29, 1.82) is 0 Å². The first-order valence-corrected chi connectivity index (χ1v) is 6.99. The number of rotatable bonds is 9. The van der Waals surface area contributed by atoms with Crippen molar-refractivity contribution in [1.82, 2.24) is 10.6 Å².